The molecule has 0 saturated heterocycles. The third-order valence-electron chi connectivity index (χ3n) is 4.85. The Labute approximate surface area is 150 Å². The zero-order valence-corrected chi connectivity index (χ0v) is 14.0. The largest absolute Gasteiger partial charge is 0.327 e. The quantitative estimate of drug-likeness (QED) is 0.654. The van der Waals surface area contributed by atoms with Gasteiger partial charge in [-0.3, -0.25) is 4.79 Å². The first kappa shape index (κ1) is 16.5. The van der Waals surface area contributed by atoms with Crippen LogP contribution in [0.1, 0.15) is 33.1 Å². The van der Waals surface area contributed by atoms with E-state index in [0.29, 0.717) is 18.5 Å². The zero-order valence-electron chi connectivity index (χ0n) is 14.0. The Morgan fingerprint density at radius 2 is 1.42 bits per heavy atom. The van der Waals surface area contributed by atoms with Crippen LogP contribution in [-0.2, 0) is 6.42 Å². The molecule has 0 spiro atoms. The Bertz CT molecular complexity index is 970. The third-order valence-corrected chi connectivity index (χ3v) is 4.85. The maximum Gasteiger partial charge on any atom is 0.257 e. The molecule has 0 unspecified atom stereocenters. The van der Waals surface area contributed by atoms with Crippen molar-refractivity contribution in [3.63, 3.8) is 0 Å². The summed E-state index contributed by atoms with van der Waals surface area (Å²) in [5, 5.41) is 0. The maximum absolute atomic E-state index is 14.6. The van der Waals surface area contributed by atoms with E-state index in [1.54, 1.807) is 35.2 Å². The highest BCUT2D eigenvalue weighted by Crippen LogP contribution is 2.37. The van der Waals surface area contributed by atoms with Gasteiger partial charge in [0.05, 0.1) is 11.6 Å². The number of fused-ring (bicyclic) bond motifs is 1. The molecular weight excluding hydrogens is 332 g/mol. The fourth-order valence-electron chi connectivity index (χ4n) is 3.61. The van der Waals surface area contributed by atoms with Crippen molar-refractivity contribution in [2.75, 3.05) is 6.54 Å². The summed E-state index contributed by atoms with van der Waals surface area (Å²) in [4.78, 5) is 14.7. The number of carbonyl (C=O) groups excluding carboxylic acids is 1. The van der Waals surface area contributed by atoms with E-state index < -0.39 is 17.8 Å². The predicted octanol–water partition coefficient (Wildman–Crippen LogP) is 4.75. The Morgan fingerprint density at radius 3 is 2.15 bits per heavy atom. The minimum absolute atomic E-state index is 0.00761. The molecular formula is C22H17F2NO. The van der Waals surface area contributed by atoms with Gasteiger partial charge in [-0.2, -0.15) is 0 Å². The minimum atomic E-state index is -0.576. The first-order valence-corrected chi connectivity index (χ1v) is 8.54. The summed E-state index contributed by atoms with van der Waals surface area (Å²) in [5.41, 5.74) is 2.39. The van der Waals surface area contributed by atoms with Crippen molar-refractivity contribution in [2.45, 2.75) is 12.5 Å². The Morgan fingerprint density at radius 1 is 0.808 bits per heavy atom. The van der Waals surface area contributed by atoms with Crippen molar-refractivity contribution in [2.24, 2.45) is 0 Å². The molecule has 0 fully saturated rings. The lowest BCUT2D eigenvalue weighted by Gasteiger charge is -2.38. The average molecular weight is 349 g/mol. The first-order chi connectivity index (χ1) is 12.7. The molecule has 3 aromatic rings. The third kappa shape index (κ3) is 2.77. The van der Waals surface area contributed by atoms with Crippen LogP contribution in [0.3, 0.4) is 0 Å². The second-order valence-corrected chi connectivity index (χ2v) is 6.35. The van der Waals surface area contributed by atoms with Crippen molar-refractivity contribution >= 4 is 5.91 Å². The number of nitrogens with zero attached hydrogens (tertiary/aromatic N) is 1. The zero-order chi connectivity index (χ0) is 18.1. The van der Waals surface area contributed by atoms with Crippen molar-refractivity contribution in [3.8, 4) is 0 Å². The van der Waals surface area contributed by atoms with Crippen LogP contribution in [0.25, 0.3) is 0 Å². The van der Waals surface area contributed by atoms with Gasteiger partial charge in [-0.1, -0.05) is 54.6 Å². The van der Waals surface area contributed by atoms with Gasteiger partial charge in [0.15, 0.2) is 0 Å². The van der Waals surface area contributed by atoms with E-state index in [1.807, 2.05) is 24.3 Å². The van der Waals surface area contributed by atoms with Crippen LogP contribution in [-0.4, -0.2) is 17.4 Å². The van der Waals surface area contributed by atoms with Gasteiger partial charge >= 0.3 is 0 Å². The molecule has 1 aliphatic rings. The summed E-state index contributed by atoms with van der Waals surface area (Å²) in [6.07, 6.45) is 0.654. The molecule has 1 amide bonds. The van der Waals surface area contributed by atoms with E-state index in [1.165, 1.54) is 18.2 Å². The predicted molar refractivity (Wildman–Crippen MR) is 95.8 cm³/mol. The summed E-state index contributed by atoms with van der Waals surface area (Å²) in [6.45, 7) is 0.406. The smallest absolute Gasteiger partial charge is 0.257 e. The van der Waals surface area contributed by atoms with Crippen LogP contribution in [0, 0.1) is 11.6 Å². The molecule has 26 heavy (non-hydrogen) atoms. The first-order valence-electron chi connectivity index (χ1n) is 8.54. The molecule has 1 atom stereocenters. The summed E-state index contributed by atoms with van der Waals surface area (Å²) >= 11 is 0. The van der Waals surface area contributed by atoms with Crippen LogP contribution < -0.4 is 0 Å². The van der Waals surface area contributed by atoms with Gasteiger partial charge in [0, 0.05) is 12.1 Å². The molecule has 130 valence electrons. The van der Waals surface area contributed by atoms with Crippen molar-refractivity contribution in [1.82, 2.24) is 4.90 Å². The number of carbonyl (C=O) groups is 1. The molecule has 1 aliphatic heterocycles. The normalized spacial score (nSPS) is 16.2. The fraction of sp³-hybridized carbons (Fsp3) is 0.136. The molecule has 0 saturated carbocycles. The molecule has 1 heterocycles. The van der Waals surface area contributed by atoms with E-state index >= 15 is 0 Å². The molecule has 2 nitrogen and oxygen atoms in total. The molecule has 0 N–H and O–H groups in total. The number of halogens is 2. The molecule has 0 radical (unpaired) electrons. The summed E-state index contributed by atoms with van der Waals surface area (Å²) in [6, 6.07) is 19.5. The monoisotopic (exact) mass is 349 g/mol. The molecule has 3 aromatic carbocycles. The van der Waals surface area contributed by atoms with Crippen LogP contribution in [0.15, 0.2) is 72.8 Å². The van der Waals surface area contributed by atoms with Gasteiger partial charge in [-0.25, -0.2) is 8.78 Å². The SMILES string of the molecule is O=C(c1ccccc1F)N1CCc2ccccc2[C@@H]1c1ccccc1F. The van der Waals surface area contributed by atoms with Gasteiger partial charge in [-0.05, 0) is 35.7 Å². The lowest BCUT2D eigenvalue weighted by molar-refractivity contribution is 0.0687. The summed E-state index contributed by atoms with van der Waals surface area (Å²) < 4.78 is 28.8. The van der Waals surface area contributed by atoms with Crippen LogP contribution >= 0.6 is 0 Å². The highest BCUT2D eigenvalue weighted by molar-refractivity contribution is 5.95. The lowest BCUT2D eigenvalue weighted by Crippen LogP contribution is -2.41. The molecule has 4 heteroatoms. The van der Waals surface area contributed by atoms with Crippen LogP contribution in [0.2, 0.25) is 0 Å². The number of hydrogen-bond acceptors (Lipinski definition) is 1. The highest BCUT2D eigenvalue weighted by Gasteiger charge is 2.34. The van der Waals surface area contributed by atoms with E-state index in [4.69, 9.17) is 0 Å². The number of amides is 1. The van der Waals surface area contributed by atoms with E-state index in [-0.39, 0.29) is 11.4 Å². The van der Waals surface area contributed by atoms with E-state index in [9.17, 15) is 13.6 Å². The Hall–Kier alpha value is -3.01. The second-order valence-electron chi connectivity index (χ2n) is 6.35. The minimum Gasteiger partial charge on any atom is -0.327 e. The average Bonchev–Trinajstić information content (AvgIpc) is 2.67. The lowest BCUT2D eigenvalue weighted by atomic mass is 9.87. The topological polar surface area (TPSA) is 20.3 Å². The fourth-order valence-corrected chi connectivity index (χ4v) is 3.61. The molecule has 0 aromatic heterocycles. The van der Waals surface area contributed by atoms with Crippen molar-refractivity contribution in [1.29, 1.82) is 0 Å². The Balaban J connectivity index is 1.85. The number of rotatable bonds is 2. The maximum atomic E-state index is 14.6. The van der Waals surface area contributed by atoms with Crippen LogP contribution in [0.5, 0.6) is 0 Å². The van der Waals surface area contributed by atoms with E-state index in [2.05, 4.69) is 0 Å². The molecule has 0 aliphatic carbocycles. The van der Waals surface area contributed by atoms with Crippen molar-refractivity contribution in [3.05, 3.63) is 107 Å². The summed E-state index contributed by atoms with van der Waals surface area (Å²) in [7, 11) is 0. The van der Waals surface area contributed by atoms with Gasteiger partial charge < -0.3 is 4.90 Å². The molecule has 4 rings (SSSR count). The van der Waals surface area contributed by atoms with Crippen LogP contribution in [0.4, 0.5) is 8.78 Å². The number of benzene rings is 3. The van der Waals surface area contributed by atoms with Gasteiger partial charge in [-0.15, -0.1) is 0 Å². The van der Waals surface area contributed by atoms with Gasteiger partial charge in [0.25, 0.3) is 5.91 Å². The van der Waals surface area contributed by atoms with Gasteiger partial charge in [0.2, 0.25) is 0 Å². The molecule has 0 bridgehead atoms. The van der Waals surface area contributed by atoms with Crippen molar-refractivity contribution < 1.29 is 13.6 Å². The van der Waals surface area contributed by atoms with Gasteiger partial charge in [0.1, 0.15) is 11.6 Å². The Kier molecular flexibility index (Phi) is 4.25. The van der Waals surface area contributed by atoms with E-state index in [0.717, 1.165) is 11.1 Å². The highest BCUT2D eigenvalue weighted by atomic mass is 19.1. The number of hydrogen-bond donors (Lipinski definition) is 0. The standard InChI is InChI=1S/C22H17F2NO/c23-19-11-5-3-9-17(19)21-16-8-2-1-7-15(16)13-14-25(21)22(26)18-10-4-6-12-20(18)24/h1-12,21H,13-14H2/t21-/m1/s1. The second kappa shape index (κ2) is 6.71. The summed E-state index contributed by atoms with van der Waals surface area (Å²) in [5.74, 6) is -1.37.